The molecule has 0 aliphatic carbocycles. The molecule has 40 heavy (non-hydrogen) atoms. The molecule has 2 rings (SSSR count). The molecule has 9 nitrogen and oxygen atoms in total. The van der Waals surface area contributed by atoms with Crippen LogP contribution in [0.1, 0.15) is 93.1 Å². The van der Waals surface area contributed by atoms with E-state index in [2.05, 4.69) is 36.7 Å². The molecule has 1 aliphatic rings. The second kappa shape index (κ2) is 13.9. The smallest absolute Gasteiger partial charge is 0.246 e. The highest BCUT2D eigenvalue weighted by atomic mass is 16.2. The van der Waals surface area contributed by atoms with E-state index in [1.165, 1.54) is 10.5 Å². The van der Waals surface area contributed by atoms with E-state index in [0.29, 0.717) is 31.5 Å². The summed E-state index contributed by atoms with van der Waals surface area (Å²) >= 11 is 0. The summed E-state index contributed by atoms with van der Waals surface area (Å²) in [4.78, 5) is 63.6. The van der Waals surface area contributed by atoms with Gasteiger partial charge in [0.1, 0.15) is 12.1 Å². The van der Waals surface area contributed by atoms with Gasteiger partial charge in [-0.05, 0) is 61.6 Å². The zero-order valence-corrected chi connectivity index (χ0v) is 25.5. The standard InChI is InChI=1S/C31H48N4O5/c1-20(27(38)33-21(2)28(39)34-23-15-13-22(14-16-23)19-30(3,4)5)32-25(36)12-10-9-11-17-35-26(37)18-24(29(35)40)31(6,7)8/h13-16,20-21,24H,9-12,17-19H2,1-8H3,(H,32,36)(H,33,38)(H,34,39)/t20-,21-,24?/m0/s1. The fourth-order valence-electron chi connectivity index (χ4n) is 4.68. The van der Waals surface area contributed by atoms with Gasteiger partial charge in [-0.2, -0.15) is 0 Å². The SMILES string of the molecule is C[C@H](NC(=O)CCCCCN1C(=O)CC(C(C)(C)C)C1=O)C(=O)N[C@@H](C)C(=O)Nc1ccc(CC(C)(C)C)cc1. The van der Waals surface area contributed by atoms with Gasteiger partial charge in [0.2, 0.25) is 29.5 Å². The molecule has 3 N–H and O–H groups in total. The van der Waals surface area contributed by atoms with E-state index in [9.17, 15) is 24.0 Å². The molecule has 222 valence electrons. The molecule has 0 bridgehead atoms. The average Bonchev–Trinajstić information content (AvgIpc) is 3.12. The molecule has 1 aliphatic heterocycles. The number of unbranched alkanes of at least 4 members (excludes halogenated alkanes) is 2. The molecule has 1 fully saturated rings. The highest BCUT2D eigenvalue weighted by molar-refractivity contribution is 6.03. The van der Waals surface area contributed by atoms with Crippen molar-refractivity contribution in [2.24, 2.45) is 16.7 Å². The Hall–Kier alpha value is -3.23. The molecule has 1 aromatic carbocycles. The van der Waals surface area contributed by atoms with Crippen molar-refractivity contribution in [1.29, 1.82) is 0 Å². The zero-order valence-electron chi connectivity index (χ0n) is 25.5. The quantitative estimate of drug-likeness (QED) is 0.263. The van der Waals surface area contributed by atoms with Crippen molar-refractivity contribution in [3.05, 3.63) is 29.8 Å². The van der Waals surface area contributed by atoms with Crippen molar-refractivity contribution in [2.75, 3.05) is 11.9 Å². The number of carbonyl (C=O) groups excluding carboxylic acids is 5. The van der Waals surface area contributed by atoms with Gasteiger partial charge in [-0.25, -0.2) is 0 Å². The number of rotatable bonds is 12. The average molecular weight is 557 g/mol. The molecular weight excluding hydrogens is 508 g/mol. The first-order valence-corrected chi connectivity index (χ1v) is 14.3. The molecule has 5 amide bonds. The number of imide groups is 1. The van der Waals surface area contributed by atoms with Crippen LogP contribution < -0.4 is 16.0 Å². The third-order valence-electron chi connectivity index (χ3n) is 7.05. The van der Waals surface area contributed by atoms with Gasteiger partial charge in [0.05, 0.1) is 5.92 Å². The number of nitrogens with zero attached hydrogens (tertiary/aromatic N) is 1. The molecule has 9 heteroatoms. The molecule has 0 radical (unpaired) electrons. The second-order valence-corrected chi connectivity index (χ2v) is 13.3. The van der Waals surface area contributed by atoms with Gasteiger partial charge >= 0.3 is 0 Å². The Balaban J connectivity index is 1.68. The predicted octanol–water partition coefficient (Wildman–Crippen LogP) is 4.20. The van der Waals surface area contributed by atoms with E-state index in [-0.39, 0.29) is 53.2 Å². The molecule has 0 spiro atoms. The maximum Gasteiger partial charge on any atom is 0.246 e. The topological polar surface area (TPSA) is 125 Å². The van der Waals surface area contributed by atoms with E-state index in [1.807, 2.05) is 45.0 Å². The van der Waals surface area contributed by atoms with Gasteiger partial charge < -0.3 is 16.0 Å². The summed E-state index contributed by atoms with van der Waals surface area (Å²) in [6.45, 7) is 15.9. The lowest BCUT2D eigenvalue weighted by Crippen LogP contribution is -2.50. The van der Waals surface area contributed by atoms with Gasteiger partial charge in [-0.15, -0.1) is 0 Å². The fourth-order valence-corrected chi connectivity index (χ4v) is 4.68. The van der Waals surface area contributed by atoms with Crippen LogP contribution in [0.2, 0.25) is 0 Å². The van der Waals surface area contributed by atoms with Crippen LogP contribution in [-0.2, 0) is 30.4 Å². The molecule has 1 saturated heterocycles. The first kappa shape index (κ1) is 33.0. The number of likely N-dealkylation sites (tertiary alicyclic amines) is 1. The minimum absolute atomic E-state index is 0.105. The first-order chi connectivity index (χ1) is 18.5. The van der Waals surface area contributed by atoms with Crippen LogP contribution in [0.5, 0.6) is 0 Å². The molecule has 0 aromatic heterocycles. The molecule has 3 atom stereocenters. The number of benzene rings is 1. The second-order valence-electron chi connectivity index (χ2n) is 13.3. The lowest BCUT2D eigenvalue weighted by molar-refractivity contribution is -0.140. The lowest BCUT2D eigenvalue weighted by atomic mass is 9.80. The molecule has 1 aromatic rings. The summed E-state index contributed by atoms with van der Waals surface area (Å²) in [7, 11) is 0. The first-order valence-electron chi connectivity index (χ1n) is 14.3. The highest BCUT2D eigenvalue weighted by Crippen LogP contribution is 2.35. The minimum Gasteiger partial charge on any atom is -0.345 e. The van der Waals surface area contributed by atoms with Crippen LogP contribution in [0.3, 0.4) is 0 Å². The zero-order chi connectivity index (χ0) is 30.3. The lowest BCUT2D eigenvalue weighted by Gasteiger charge is -2.24. The number of anilines is 1. The van der Waals surface area contributed by atoms with Crippen molar-refractivity contribution in [1.82, 2.24) is 15.5 Å². The van der Waals surface area contributed by atoms with Crippen LogP contribution in [0.25, 0.3) is 0 Å². The highest BCUT2D eigenvalue weighted by Gasteiger charge is 2.44. The maximum absolute atomic E-state index is 12.6. The predicted molar refractivity (Wildman–Crippen MR) is 156 cm³/mol. The van der Waals surface area contributed by atoms with E-state index >= 15 is 0 Å². The van der Waals surface area contributed by atoms with Gasteiger partial charge in [0, 0.05) is 25.1 Å². The summed E-state index contributed by atoms with van der Waals surface area (Å²) in [5.41, 5.74) is 1.76. The molecule has 0 saturated carbocycles. The maximum atomic E-state index is 12.6. The summed E-state index contributed by atoms with van der Waals surface area (Å²) in [5.74, 6) is -1.57. The van der Waals surface area contributed by atoms with Crippen molar-refractivity contribution in [3.63, 3.8) is 0 Å². The van der Waals surface area contributed by atoms with E-state index in [4.69, 9.17) is 0 Å². The van der Waals surface area contributed by atoms with Crippen molar-refractivity contribution in [3.8, 4) is 0 Å². The summed E-state index contributed by atoms with van der Waals surface area (Å²) < 4.78 is 0. The number of hydrogen-bond donors (Lipinski definition) is 3. The Labute approximate surface area is 239 Å². The van der Waals surface area contributed by atoms with Crippen LogP contribution >= 0.6 is 0 Å². The molecule has 1 heterocycles. The van der Waals surface area contributed by atoms with Gasteiger partial charge in [-0.1, -0.05) is 60.1 Å². The largest absolute Gasteiger partial charge is 0.345 e. The summed E-state index contributed by atoms with van der Waals surface area (Å²) in [6, 6.07) is 6.08. The summed E-state index contributed by atoms with van der Waals surface area (Å²) in [5, 5.41) is 8.11. The van der Waals surface area contributed by atoms with Crippen LogP contribution in [0.4, 0.5) is 5.69 Å². The normalized spacial score (nSPS) is 17.4. The van der Waals surface area contributed by atoms with E-state index in [1.54, 1.807) is 13.8 Å². The van der Waals surface area contributed by atoms with Gasteiger partial charge in [0.25, 0.3) is 0 Å². The van der Waals surface area contributed by atoms with E-state index in [0.717, 1.165) is 6.42 Å². The minimum atomic E-state index is -0.798. The Morgan fingerprint density at radius 2 is 1.48 bits per heavy atom. The number of carbonyl (C=O) groups is 5. The van der Waals surface area contributed by atoms with Crippen LogP contribution in [0, 0.1) is 16.7 Å². The Bertz CT molecular complexity index is 1070. The fraction of sp³-hybridized carbons (Fsp3) is 0.645. The molecule has 1 unspecified atom stereocenters. The van der Waals surface area contributed by atoms with Crippen molar-refractivity contribution in [2.45, 2.75) is 106 Å². The summed E-state index contributed by atoms with van der Waals surface area (Å²) in [6.07, 6.45) is 3.30. The van der Waals surface area contributed by atoms with Crippen molar-refractivity contribution >= 4 is 35.2 Å². The van der Waals surface area contributed by atoms with Crippen molar-refractivity contribution < 1.29 is 24.0 Å². The van der Waals surface area contributed by atoms with Crippen LogP contribution in [-0.4, -0.2) is 53.1 Å². The third-order valence-corrected chi connectivity index (χ3v) is 7.05. The Kier molecular flexibility index (Phi) is 11.5. The number of hydrogen-bond acceptors (Lipinski definition) is 5. The van der Waals surface area contributed by atoms with Gasteiger partial charge in [0.15, 0.2) is 0 Å². The van der Waals surface area contributed by atoms with Crippen LogP contribution in [0.15, 0.2) is 24.3 Å². The Morgan fingerprint density at radius 3 is 2.02 bits per heavy atom. The Morgan fingerprint density at radius 1 is 0.875 bits per heavy atom. The third kappa shape index (κ3) is 10.4. The van der Waals surface area contributed by atoms with Gasteiger partial charge in [-0.3, -0.25) is 28.9 Å². The molecular formula is C31H48N4O5. The number of nitrogens with one attached hydrogen (secondary N) is 3. The van der Waals surface area contributed by atoms with E-state index < -0.39 is 18.0 Å². The number of amides is 5. The monoisotopic (exact) mass is 556 g/mol.